The van der Waals surface area contributed by atoms with E-state index in [0.717, 1.165) is 0 Å². The van der Waals surface area contributed by atoms with Crippen LogP contribution in [0.4, 0.5) is 0 Å². The zero-order chi connectivity index (χ0) is 27.3. The highest BCUT2D eigenvalue weighted by atomic mass is 28.4. The first-order valence-corrected chi connectivity index (χ1v) is 16.4. The quantitative estimate of drug-likeness (QED) is 0.0977. The Morgan fingerprint density at radius 1 is 0.432 bits per heavy atom. The van der Waals surface area contributed by atoms with Crippen molar-refractivity contribution in [2.75, 3.05) is 126 Å². The minimum absolute atomic E-state index is 0.00220. The van der Waals surface area contributed by atoms with Crippen LogP contribution in [0.3, 0.4) is 0 Å². The van der Waals surface area contributed by atoms with Crippen molar-refractivity contribution in [3.05, 3.63) is 0 Å². The van der Waals surface area contributed by atoms with Crippen molar-refractivity contribution in [1.82, 2.24) is 0 Å². The summed E-state index contributed by atoms with van der Waals surface area (Å²) in [5.41, 5.74) is 0. The second-order valence-electron chi connectivity index (χ2n) is 8.62. The van der Waals surface area contributed by atoms with Crippen LogP contribution < -0.4 is 0 Å². The van der Waals surface area contributed by atoms with Crippen molar-refractivity contribution in [2.45, 2.75) is 26.1 Å². The Balaban J connectivity index is 3.05. The minimum Gasteiger partial charge on any atom is -0.481 e. The standard InChI is InChI=1S/C24H50O12Si/c1-37(2,3)36-23-22-35-21-20-34-19-18-33-17-16-32-15-14-31-13-12-30-11-10-29-9-8-28-7-6-27-5-4-24(25)26/h4-23H2,1-3H3,(H,25,26). The summed E-state index contributed by atoms with van der Waals surface area (Å²) in [5.74, 6) is -0.871. The number of carboxylic acids is 1. The Hall–Kier alpha value is -0.713. The predicted molar refractivity (Wildman–Crippen MR) is 139 cm³/mol. The van der Waals surface area contributed by atoms with E-state index >= 15 is 0 Å². The van der Waals surface area contributed by atoms with E-state index in [0.29, 0.717) is 119 Å². The molecule has 12 nitrogen and oxygen atoms in total. The number of hydrogen-bond donors (Lipinski definition) is 1. The Bertz CT molecular complexity index is 479. The maximum Gasteiger partial charge on any atom is 0.305 e. The SMILES string of the molecule is C[Si](C)(C)OCCOCCOCCOCCOCCOCCOCCOCCOCCOCCC(=O)O. The van der Waals surface area contributed by atoms with Gasteiger partial charge in [-0.05, 0) is 19.6 Å². The van der Waals surface area contributed by atoms with Gasteiger partial charge in [0, 0.05) is 0 Å². The molecule has 0 fully saturated rings. The van der Waals surface area contributed by atoms with E-state index in [1.807, 2.05) is 0 Å². The summed E-state index contributed by atoms with van der Waals surface area (Å²) in [6.45, 7) is 15.8. The lowest BCUT2D eigenvalue weighted by molar-refractivity contribution is -0.138. The molecule has 1 N–H and O–H groups in total. The molecule has 0 heterocycles. The Kier molecular flexibility index (Phi) is 27.8. The molecule has 222 valence electrons. The normalized spacial score (nSPS) is 11.9. The molecule has 0 bridgehead atoms. The summed E-state index contributed by atoms with van der Waals surface area (Å²) in [6.07, 6.45) is 0.00220. The van der Waals surface area contributed by atoms with Gasteiger partial charge in [-0.25, -0.2) is 0 Å². The van der Waals surface area contributed by atoms with E-state index < -0.39 is 14.3 Å². The van der Waals surface area contributed by atoms with E-state index in [2.05, 4.69) is 19.6 Å². The lowest BCUT2D eigenvalue weighted by Gasteiger charge is -2.16. The van der Waals surface area contributed by atoms with E-state index in [4.69, 9.17) is 52.2 Å². The molecule has 13 heteroatoms. The highest BCUT2D eigenvalue weighted by Gasteiger charge is 2.13. The molecule has 0 aromatic rings. The molecule has 0 saturated carbocycles. The van der Waals surface area contributed by atoms with E-state index in [1.54, 1.807) is 0 Å². The topological polar surface area (TPSA) is 130 Å². The number of rotatable bonds is 31. The zero-order valence-electron chi connectivity index (χ0n) is 23.1. The van der Waals surface area contributed by atoms with Crippen molar-refractivity contribution in [2.24, 2.45) is 0 Å². The maximum absolute atomic E-state index is 10.3. The smallest absolute Gasteiger partial charge is 0.305 e. The highest BCUT2D eigenvalue weighted by Crippen LogP contribution is 2.01. The van der Waals surface area contributed by atoms with Gasteiger partial charge in [0.05, 0.1) is 132 Å². The fourth-order valence-electron chi connectivity index (χ4n) is 2.43. The van der Waals surface area contributed by atoms with E-state index in [1.165, 1.54) is 0 Å². The molecule has 0 aliphatic heterocycles. The number of aliphatic carboxylic acids is 1. The van der Waals surface area contributed by atoms with E-state index in [-0.39, 0.29) is 13.0 Å². The molecule has 0 rings (SSSR count). The second kappa shape index (κ2) is 28.3. The summed E-state index contributed by atoms with van der Waals surface area (Å²) >= 11 is 0. The van der Waals surface area contributed by atoms with Crippen LogP contribution in [0.2, 0.25) is 19.6 Å². The fourth-order valence-corrected chi connectivity index (χ4v) is 3.12. The van der Waals surface area contributed by atoms with Crippen LogP contribution in [-0.4, -0.2) is 145 Å². The third-order valence-electron chi connectivity index (χ3n) is 4.20. The Labute approximate surface area is 223 Å². The fraction of sp³-hybridized carbons (Fsp3) is 0.958. The second-order valence-corrected chi connectivity index (χ2v) is 13.1. The van der Waals surface area contributed by atoms with Crippen molar-refractivity contribution in [3.8, 4) is 0 Å². The Morgan fingerprint density at radius 3 is 0.865 bits per heavy atom. The summed E-state index contributed by atoms with van der Waals surface area (Å²) in [7, 11) is -1.45. The maximum atomic E-state index is 10.3. The molecule has 0 spiro atoms. The van der Waals surface area contributed by atoms with Crippen LogP contribution in [0, 0.1) is 0 Å². The lowest BCUT2D eigenvalue weighted by Crippen LogP contribution is -2.27. The first-order valence-electron chi connectivity index (χ1n) is 13.0. The van der Waals surface area contributed by atoms with Crippen molar-refractivity contribution in [3.63, 3.8) is 0 Å². The molecule has 0 aliphatic rings. The predicted octanol–water partition coefficient (Wildman–Crippen LogP) is 1.46. The van der Waals surface area contributed by atoms with Crippen LogP contribution in [-0.2, 0) is 51.9 Å². The van der Waals surface area contributed by atoms with Crippen LogP contribution in [0.25, 0.3) is 0 Å². The van der Waals surface area contributed by atoms with Gasteiger partial charge in [-0.15, -0.1) is 0 Å². The number of ether oxygens (including phenoxy) is 9. The Morgan fingerprint density at radius 2 is 0.649 bits per heavy atom. The molecule has 0 radical (unpaired) electrons. The minimum atomic E-state index is -1.45. The largest absolute Gasteiger partial charge is 0.481 e. The van der Waals surface area contributed by atoms with Crippen molar-refractivity contribution in [1.29, 1.82) is 0 Å². The van der Waals surface area contributed by atoms with Crippen LogP contribution in [0.1, 0.15) is 6.42 Å². The van der Waals surface area contributed by atoms with Gasteiger partial charge >= 0.3 is 5.97 Å². The third kappa shape index (κ3) is 35.3. The molecule has 0 amide bonds. The zero-order valence-corrected chi connectivity index (χ0v) is 24.1. The molecular weight excluding hydrogens is 508 g/mol. The summed E-state index contributed by atoms with van der Waals surface area (Å²) < 4.78 is 54.1. The first-order chi connectivity index (χ1) is 17.9. The number of hydrogen-bond acceptors (Lipinski definition) is 11. The van der Waals surface area contributed by atoms with Crippen LogP contribution in [0.5, 0.6) is 0 Å². The molecule has 0 atom stereocenters. The highest BCUT2D eigenvalue weighted by molar-refractivity contribution is 6.69. The molecule has 0 saturated heterocycles. The molecule has 0 aliphatic carbocycles. The monoisotopic (exact) mass is 558 g/mol. The van der Waals surface area contributed by atoms with Gasteiger partial charge < -0.3 is 52.2 Å². The van der Waals surface area contributed by atoms with Gasteiger partial charge in [-0.2, -0.15) is 0 Å². The number of carboxylic acid groups (broad SMARTS) is 1. The molecule has 37 heavy (non-hydrogen) atoms. The van der Waals surface area contributed by atoms with Gasteiger partial charge in [0.25, 0.3) is 0 Å². The van der Waals surface area contributed by atoms with Gasteiger partial charge in [-0.1, -0.05) is 0 Å². The number of carbonyl (C=O) groups is 1. The molecule has 0 aromatic heterocycles. The third-order valence-corrected chi connectivity index (χ3v) is 5.27. The molecule has 0 unspecified atom stereocenters. The van der Waals surface area contributed by atoms with Crippen molar-refractivity contribution < 1.29 is 57.0 Å². The van der Waals surface area contributed by atoms with Crippen molar-refractivity contribution >= 4 is 14.3 Å². The van der Waals surface area contributed by atoms with E-state index in [9.17, 15) is 4.79 Å². The molecule has 0 aromatic carbocycles. The van der Waals surface area contributed by atoms with Gasteiger partial charge in [0.1, 0.15) is 0 Å². The van der Waals surface area contributed by atoms with Gasteiger partial charge in [0.15, 0.2) is 8.32 Å². The average Bonchev–Trinajstić information content (AvgIpc) is 2.84. The van der Waals surface area contributed by atoms with Crippen LogP contribution in [0.15, 0.2) is 0 Å². The average molecular weight is 559 g/mol. The lowest BCUT2D eigenvalue weighted by atomic mass is 10.5. The summed E-state index contributed by atoms with van der Waals surface area (Å²) in [5, 5.41) is 8.47. The summed E-state index contributed by atoms with van der Waals surface area (Å²) in [6, 6.07) is 0. The van der Waals surface area contributed by atoms with Crippen LogP contribution >= 0.6 is 0 Å². The first kappa shape index (κ1) is 36.3. The molecular formula is C24H50O12Si. The summed E-state index contributed by atoms with van der Waals surface area (Å²) in [4.78, 5) is 10.3. The van der Waals surface area contributed by atoms with Gasteiger partial charge in [0.2, 0.25) is 0 Å². The van der Waals surface area contributed by atoms with Gasteiger partial charge in [-0.3, -0.25) is 4.79 Å².